The lowest BCUT2D eigenvalue weighted by molar-refractivity contribution is -0.136. The third kappa shape index (κ3) is 4.09. The van der Waals surface area contributed by atoms with Gasteiger partial charge in [-0.2, -0.15) is 4.52 Å². The number of aryl methyl sites for hydroxylation is 1. The molecule has 1 aromatic carbocycles. The Morgan fingerprint density at radius 3 is 2.63 bits per heavy atom. The van der Waals surface area contributed by atoms with Gasteiger partial charge >= 0.3 is 0 Å². The van der Waals surface area contributed by atoms with Gasteiger partial charge in [0, 0.05) is 13.0 Å². The van der Waals surface area contributed by atoms with Crippen molar-refractivity contribution in [2.45, 2.75) is 38.2 Å². The Bertz CT molecular complexity index is 1370. The number of carbonyl (C=O) groups excluding carboxylic acids is 4. The summed E-state index contributed by atoms with van der Waals surface area (Å²) in [6.45, 7) is 0.469. The molecule has 5 rings (SSSR count). The quantitative estimate of drug-likeness (QED) is 0.381. The van der Waals surface area contributed by atoms with Gasteiger partial charge < -0.3 is 5.32 Å². The van der Waals surface area contributed by atoms with E-state index in [-0.39, 0.29) is 29.6 Å². The minimum Gasteiger partial charge on any atom is -0.369 e. The molecule has 4 heterocycles. The smallest absolute Gasteiger partial charge is 0.299 e. The fourth-order valence-electron chi connectivity index (χ4n) is 4.22. The number of piperidine rings is 1. The number of halogens is 2. The minimum atomic E-state index is -2.80. The molecule has 35 heavy (non-hydrogen) atoms. The normalized spacial score (nSPS) is 17.9. The number of carbonyl (C=O) groups is 4. The van der Waals surface area contributed by atoms with Gasteiger partial charge in [0.2, 0.25) is 17.6 Å². The molecule has 0 spiro atoms. The number of benzene rings is 1. The first-order valence-electron chi connectivity index (χ1n) is 10.9. The highest BCUT2D eigenvalue weighted by Gasteiger charge is 2.44. The highest BCUT2D eigenvalue weighted by atomic mass is 19.3. The standard InChI is InChI=1S/C22H19F2N7O4/c23-18(24)19-28-27-16-7-6-15(29-31(16)19)25-9-1-2-11-3-4-12-13(10-11)22(35)30(21(12)34)14-5-8-17(32)26-20(14)33/h3-4,6-7,10,14,18H,1-2,5,8-9H2,(H,25,29)(H,26,32,33). The molecular formula is C22H19F2N7O4. The summed E-state index contributed by atoms with van der Waals surface area (Å²) < 4.78 is 27.0. The van der Waals surface area contributed by atoms with Crippen molar-refractivity contribution in [2.75, 3.05) is 11.9 Å². The SMILES string of the molecule is O=C1CCC(N2C(=O)c3ccc(CCCNc4ccc5nnc(C(F)F)n5n4)cc3C2=O)C(=O)N1. The Kier molecular flexibility index (Phi) is 5.67. The topological polar surface area (TPSA) is 139 Å². The zero-order valence-electron chi connectivity index (χ0n) is 18.2. The predicted octanol–water partition coefficient (Wildman–Crippen LogP) is 1.51. The highest BCUT2D eigenvalue weighted by Crippen LogP contribution is 2.28. The lowest BCUT2D eigenvalue weighted by Gasteiger charge is -2.27. The van der Waals surface area contributed by atoms with E-state index >= 15 is 0 Å². The lowest BCUT2D eigenvalue weighted by atomic mass is 10.0. The van der Waals surface area contributed by atoms with Crippen molar-refractivity contribution < 1.29 is 28.0 Å². The maximum absolute atomic E-state index is 13.0. The van der Waals surface area contributed by atoms with Crippen LogP contribution in [0.4, 0.5) is 14.6 Å². The van der Waals surface area contributed by atoms with Gasteiger partial charge in [-0.15, -0.1) is 15.3 Å². The third-order valence-corrected chi connectivity index (χ3v) is 5.93. The summed E-state index contributed by atoms with van der Waals surface area (Å²) in [5.41, 5.74) is 1.49. The van der Waals surface area contributed by atoms with Crippen molar-refractivity contribution >= 4 is 35.1 Å². The molecule has 1 saturated heterocycles. The van der Waals surface area contributed by atoms with Crippen LogP contribution >= 0.6 is 0 Å². The first-order valence-corrected chi connectivity index (χ1v) is 10.9. The van der Waals surface area contributed by atoms with Crippen LogP contribution < -0.4 is 10.6 Å². The summed E-state index contributed by atoms with van der Waals surface area (Å²) in [6.07, 6.45) is -1.45. The molecule has 1 unspecified atom stereocenters. The van der Waals surface area contributed by atoms with Crippen molar-refractivity contribution in [2.24, 2.45) is 0 Å². The van der Waals surface area contributed by atoms with Crippen molar-refractivity contribution in [3.05, 3.63) is 52.8 Å². The van der Waals surface area contributed by atoms with Crippen LogP contribution in [0.5, 0.6) is 0 Å². The van der Waals surface area contributed by atoms with Gasteiger partial charge in [0.15, 0.2) is 5.65 Å². The number of imide groups is 2. The number of nitrogens with one attached hydrogen (secondary N) is 2. The molecule has 0 saturated carbocycles. The van der Waals surface area contributed by atoms with Gasteiger partial charge in [-0.05, 0) is 49.1 Å². The molecule has 2 aliphatic rings. The van der Waals surface area contributed by atoms with E-state index in [4.69, 9.17) is 0 Å². The second-order valence-electron chi connectivity index (χ2n) is 8.20. The summed E-state index contributed by atoms with van der Waals surface area (Å²) in [6, 6.07) is 7.09. The minimum absolute atomic E-state index is 0.0602. The number of aromatic nitrogens is 4. The van der Waals surface area contributed by atoms with E-state index in [9.17, 15) is 28.0 Å². The van der Waals surface area contributed by atoms with E-state index in [2.05, 4.69) is 25.9 Å². The van der Waals surface area contributed by atoms with Crippen molar-refractivity contribution in [3.63, 3.8) is 0 Å². The van der Waals surface area contributed by atoms with E-state index in [0.29, 0.717) is 25.2 Å². The van der Waals surface area contributed by atoms with Gasteiger partial charge in [-0.25, -0.2) is 8.78 Å². The molecule has 0 bridgehead atoms. The predicted molar refractivity (Wildman–Crippen MR) is 116 cm³/mol. The molecule has 1 atom stereocenters. The molecule has 3 aromatic rings. The average Bonchev–Trinajstić information content (AvgIpc) is 3.36. The van der Waals surface area contributed by atoms with Gasteiger partial charge in [0.1, 0.15) is 11.9 Å². The number of hydrogen-bond donors (Lipinski definition) is 2. The Morgan fingerprint density at radius 1 is 1.06 bits per heavy atom. The Morgan fingerprint density at radius 2 is 1.86 bits per heavy atom. The zero-order valence-corrected chi connectivity index (χ0v) is 18.2. The maximum atomic E-state index is 13.0. The highest BCUT2D eigenvalue weighted by molar-refractivity contribution is 6.23. The van der Waals surface area contributed by atoms with Gasteiger partial charge in [-0.3, -0.25) is 29.4 Å². The van der Waals surface area contributed by atoms with Crippen molar-refractivity contribution in [1.29, 1.82) is 0 Å². The number of rotatable bonds is 7. The summed E-state index contributed by atoms with van der Waals surface area (Å²) >= 11 is 0. The average molecular weight is 483 g/mol. The number of hydrogen-bond acceptors (Lipinski definition) is 8. The number of amides is 4. The van der Waals surface area contributed by atoms with E-state index in [0.717, 1.165) is 15.0 Å². The van der Waals surface area contributed by atoms with Crippen molar-refractivity contribution in [3.8, 4) is 0 Å². The van der Waals surface area contributed by atoms with E-state index in [1.165, 1.54) is 6.07 Å². The summed E-state index contributed by atoms with van der Waals surface area (Å²) in [4.78, 5) is 50.2. The van der Waals surface area contributed by atoms with E-state index in [1.807, 2.05) is 0 Å². The fraction of sp³-hybridized carbons (Fsp3) is 0.318. The van der Waals surface area contributed by atoms with Crippen LogP contribution in [0.25, 0.3) is 5.65 Å². The first kappa shape index (κ1) is 22.5. The molecule has 2 aromatic heterocycles. The zero-order chi connectivity index (χ0) is 24.7. The molecule has 11 nitrogen and oxygen atoms in total. The van der Waals surface area contributed by atoms with Gasteiger partial charge in [-0.1, -0.05) is 6.07 Å². The summed E-state index contributed by atoms with van der Waals surface area (Å²) in [7, 11) is 0. The van der Waals surface area contributed by atoms with Gasteiger partial charge in [0.25, 0.3) is 18.2 Å². The molecule has 0 aliphatic carbocycles. The number of nitrogens with zero attached hydrogens (tertiary/aromatic N) is 5. The molecule has 13 heteroatoms. The van der Waals surface area contributed by atoms with E-state index in [1.54, 1.807) is 24.3 Å². The Hall–Kier alpha value is -4.29. The van der Waals surface area contributed by atoms with Crippen LogP contribution in [0.1, 0.15) is 57.8 Å². The second-order valence-corrected chi connectivity index (χ2v) is 8.20. The van der Waals surface area contributed by atoms with Crippen LogP contribution in [0.15, 0.2) is 30.3 Å². The Labute approximate surface area is 196 Å². The third-order valence-electron chi connectivity index (χ3n) is 5.93. The lowest BCUT2D eigenvalue weighted by Crippen LogP contribution is -2.54. The summed E-state index contributed by atoms with van der Waals surface area (Å²) in [5.74, 6) is -2.33. The van der Waals surface area contributed by atoms with Crippen LogP contribution in [0.3, 0.4) is 0 Å². The monoisotopic (exact) mass is 483 g/mol. The first-order chi connectivity index (χ1) is 16.8. The number of fused-ring (bicyclic) bond motifs is 2. The Balaban J connectivity index is 1.22. The van der Waals surface area contributed by atoms with Crippen LogP contribution in [-0.4, -0.2) is 60.9 Å². The number of alkyl halides is 2. The summed E-state index contributed by atoms with van der Waals surface area (Å²) in [5, 5.41) is 16.4. The maximum Gasteiger partial charge on any atom is 0.299 e. The van der Waals surface area contributed by atoms with Crippen LogP contribution in [0, 0.1) is 0 Å². The van der Waals surface area contributed by atoms with Crippen molar-refractivity contribution in [1.82, 2.24) is 30.0 Å². The van der Waals surface area contributed by atoms with E-state index < -0.39 is 41.9 Å². The second kappa shape index (κ2) is 8.81. The van der Waals surface area contributed by atoms with Crippen LogP contribution in [0.2, 0.25) is 0 Å². The number of anilines is 1. The molecule has 4 amide bonds. The molecule has 1 fully saturated rings. The molecule has 180 valence electrons. The molecule has 2 aliphatic heterocycles. The van der Waals surface area contributed by atoms with Crippen LogP contribution in [-0.2, 0) is 16.0 Å². The van der Waals surface area contributed by atoms with Gasteiger partial charge in [0.05, 0.1) is 11.1 Å². The molecule has 2 N–H and O–H groups in total. The molecular weight excluding hydrogens is 464 g/mol. The molecule has 0 radical (unpaired) electrons. The fourth-order valence-corrected chi connectivity index (χ4v) is 4.22. The largest absolute Gasteiger partial charge is 0.369 e.